The number of carbonyl (C=O) groups excluding carboxylic acids is 1. The van der Waals surface area contributed by atoms with E-state index in [-0.39, 0.29) is 23.3 Å². The molecule has 0 spiro atoms. The van der Waals surface area contributed by atoms with Crippen LogP contribution in [0.4, 0.5) is 17.5 Å². The van der Waals surface area contributed by atoms with Gasteiger partial charge in [-0.15, -0.1) is 0 Å². The number of carbonyl (C=O) groups is 1. The highest BCUT2D eigenvalue weighted by atomic mass is 16.6. The Balaban J connectivity index is 1.39. The predicted octanol–water partition coefficient (Wildman–Crippen LogP) is 3.27. The van der Waals surface area contributed by atoms with E-state index in [1.807, 2.05) is 36.4 Å². The summed E-state index contributed by atoms with van der Waals surface area (Å²) in [7, 11) is 0. The van der Waals surface area contributed by atoms with Gasteiger partial charge >= 0.3 is 0 Å². The molecule has 0 unspecified atom stereocenters. The van der Waals surface area contributed by atoms with Gasteiger partial charge in [-0.1, -0.05) is 72.8 Å². The van der Waals surface area contributed by atoms with E-state index in [9.17, 15) is 20.1 Å². The third kappa shape index (κ3) is 5.78. The fraction of sp³-hybridized carbons (Fsp3) is 0.250. The molecule has 0 radical (unpaired) electrons. The molecule has 2 aromatic heterocycles. The molecule has 44 heavy (non-hydrogen) atoms. The molecule has 0 aliphatic carbocycles. The van der Waals surface area contributed by atoms with Crippen molar-refractivity contribution >= 4 is 34.5 Å². The Morgan fingerprint density at radius 3 is 2.25 bits per heavy atom. The maximum atomic E-state index is 12.5. The van der Waals surface area contributed by atoms with Crippen LogP contribution in [-0.4, -0.2) is 72.1 Å². The number of hydrogen-bond acceptors (Lipinski definition) is 10. The third-order valence-corrected chi connectivity index (χ3v) is 7.57. The molecule has 3 heterocycles. The summed E-state index contributed by atoms with van der Waals surface area (Å²) < 4.78 is 7.32. The van der Waals surface area contributed by atoms with Gasteiger partial charge in [-0.2, -0.15) is 9.97 Å². The van der Waals surface area contributed by atoms with Gasteiger partial charge < -0.3 is 36.0 Å². The number of rotatable bonds is 10. The zero-order chi connectivity index (χ0) is 30.6. The first-order chi connectivity index (χ1) is 21.4. The largest absolute Gasteiger partial charge is 0.506 e. The fourth-order valence-electron chi connectivity index (χ4n) is 5.36. The second kappa shape index (κ2) is 12.7. The summed E-state index contributed by atoms with van der Waals surface area (Å²) in [5.41, 5.74) is 3.28. The first-order valence-corrected chi connectivity index (χ1v) is 14.4. The minimum absolute atomic E-state index is 0.00915. The fourth-order valence-corrected chi connectivity index (χ4v) is 5.36. The molecule has 1 saturated heterocycles. The van der Waals surface area contributed by atoms with Crippen molar-refractivity contribution in [2.24, 2.45) is 0 Å². The molecule has 226 valence electrons. The number of likely N-dealkylation sites (N-methyl/N-ethyl adjacent to an activating group) is 1. The predicted molar refractivity (Wildman–Crippen MR) is 165 cm³/mol. The SMILES string of the molecule is CCNC(=O)[C@H]1O[C@@H](n2cnc3c(NCC(c4ccccc4)c4ccccc4)nc(Nc4ccccc4O)nc32)[C@H](O)[C@@H]1O. The van der Waals surface area contributed by atoms with Crippen molar-refractivity contribution in [1.82, 2.24) is 24.8 Å². The maximum absolute atomic E-state index is 12.5. The molecule has 1 aliphatic heterocycles. The van der Waals surface area contributed by atoms with Crippen molar-refractivity contribution in [2.75, 3.05) is 23.7 Å². The zero-order valence-electron chi connectivity index (χ0n) is 23.9. The number of fused-ring (bicyclic) bond motifs is 1. The molecule has 1 fully saturated rings. The van der Waals surface area contributed by atoms with Gasteiger partial charge in [0.25, 0.3) is 5.91 Å². The lowest BCUT2D eigenvalue weighted by molar-refractivity contribution is -0.137. The molecule has 12 nitrogen and oxygen atoms in total. The average Bonchev–Trinajstić information content (AvgIpc) is 3.59. The van der Waals surface area contributed by atoms with E-state index < -0.39 is 30.4 Å². The van der Waals surface area contributed by atoms with E-state index in [4.69, 9.17) is 9.72 Å². The Bertz CT molecular complexity index is 1690. The number of aromatic nitrogens is 4. The number of imidazole rings is 1. The van der Waals surface area contributed by atoms with E-state index >= 15 is 0 Å². The summed E-state index contributed by atoms with van der Waals surface area (Å²) in [5.74, 6) is 0.00374. The number of aromatic hydroxyl groups is 1. The number of hydrogen-bond donors (Lipinski definition) is 6. The Labute approximate surface area is 253 Å². The number of aliphatic hydroxyl groups is 2. The first-order valence-electron chi connectivity index (χ1n) is 14.4. The number of ether oxygens (including phenoxy) is 1. The molecule has 0 saturated carbocycles. The van der Waals surface area contributed by atoms with E-state index in [0.29, 0.717) is 30.1 Å². The molecule has 6 rings (SSSR count). The zero-order valence-corrected chi connectivity index (χ0v) is 23.9. The lowest BCUT2D eigenvalue weighted by Crippen LogP contribution is -2.42. The molecule has 4 atom stereocenters. The molecule has 12 heteroatoms. The summed E-state index contributed by atoms with van der Waals surface area (Å²) >= 11 is 0. The first kappa shape index (κ1) is 29.1. The highest BCUT2D eigenvalue weighted by Crippen LogP contribution is 2.34. The second-order valence-electron chi connectivity index (χ2n) is 10.4. The van der Waals surface area contributed by atoms with Crippen LogP contribution in [0.25, 0.3) is 11.2 Å². The molecule has 0 bridgehead atoms. The van der Waals surface area contributed by atoms with Crippen LogP contribution >= 0.6 is 0 Å². The topological polar surface area (TPSA) is 167 Å². The van der Waals surface area contributed by atoms with Gasteiger partial charge in [0.05, 0.1) is 12.0 Å². The molecule has 1 aliphatic rings. The van der Waals surface area contributed by atoms with Crippen LogP contribution in [0.2, 0.25) is 0 Å². The lowest BCUT2D eigenvalue weighted by Gasteiger charge is -2.20. The van der Waals surface area contributed by atoms with Crippen molar-refractivity contribution in [3.8, 4) is 5.75 Å². The Hall–Kier alpha value is -5.04. The van der Waals surface area contributed by atoms with E-state index in [1.54, 1.807) is 31.2 Å². The summed E-state index contributed by atoms with van der Waals surface area (Å²) in [4.78, 5) is 26.4. The van der Waals surface area contributed by atoms with Crippen molar-refractivity contribution in [1.29, 1.82) is 0 Å². The second-order valence-corrected chi connectivity index (χ2v) is 10.4. The van der Waals surface area contributed by atoms with Gasteiger partial charge in [-0.05, 0) is 30.2 Å². The Morgan fingerprint density at radius 1 is 0.932 bits per heavy atom. The summed E-state index contributed by atoms with van der Waals surface area (Å²) in [6.07, 6.45) is -3.88. The number of nitrogens with one attached hydrogen (secondary N) is 3. The lowest BCUT2D eigenvalue weighted by atomic mass is 9.91. The molecule has 3 aromatic carbocycles. The molecular formula is C32H33N7O5. The van der Waals surface area contributed by atoms with Crippen molar-refractivity contribution < 1.29 is 24.9 Å². The highest BCUT2D eigenvalue weighted by molar-refractivity contribution is 5.85. The standard InChI is InChI=1S/C32H33N7O5/c1-2-33-30(43)27-25(41)26(42)31(44-27)39-18-35-24-28(37-32(38-29(24)39)36-22-15-9-10-16-23(22)40)34-17-21(19-11-5-3-6-12-19)20-13-7-4-8-14-20/h3-16,18,21,25-27,31,40-42H,2,17H2,1H3,(H,33,43)(H2,34,36,37,38)/t25-,26+,27-,31+/m0/s1. The minimum Gasteiger partial charge on any atom is -0.506 e. The van der Waals surface area contributed by atoms with Crippen LogP contribution in [0.15, 0.2) is 91.3 Å². The molecule has 1 amide bonds. The normalized spacial score (nSPS) is 19.7. The van der Waals surface area contributed by atoms with Gasteiger partial charge in [0, 0.05) is 19.0 Å². The van der Waals surface area contributed by atoms with Gasteiger partial charge in [0.2, 0.25) is 5.95 Å². The summed E-state index contributed by atoms with van der Waals surface area (Å²) in [6, 6.07) is 26.9. The van der Waals surface area contributed by atoms with Gasteiger partial charge in [-0.3, -0.25) is 9.36 Å². The van der Waals surface area contributed by atoms with Crippen molar-refractivity contribution in [3.05, 3.63) is 102 Å². The van der Waals surface area contributed by atoms with E-state index in [2.05, 4.69) is 50.2 Å². The van der Waals surface area contributed by atoms with E-state index in [0.717, 1.165) is 11.1 Å². The molecule has 5 aromatic rings. The average molecular weight is 596 g/mol. The van der Waals surface area contributed by atoms with Crippen LogP contribution in [0, 0.1) is 0 Å². The highest BCUT2D eigenvalue weighted by Gasteiger charge is 2.47. The van der Waals surface area contributed by atoms with Crippen LogP contribution in [0.5, 0.6) is 5.75 Å². The monoisotopic (exact) mass is 595 g/mol. The maximum Gasteiger partial charge on any atom is 0.252 e. The summed E-state index contributed by atoms with van der Waals surface area (Å²) in [6.45, 7) is 2.56. The van der Waals surface area contributed by atoms with Crippen LogP contribution in [-0.2, 0) is 9.53 Å². The Morgan fingerprint density at radius 2 is 1.59 bits per heavy atom. The molecule has 6 N–H and O–H groups in total. The Kier molecular flexibility index (Phi) is 8.37. The molecular weight excluding hydrogens is 562 g/mol. The van der Waals surface area contributed by atoms with Crippen molar-refractivity contribution in [3.63, 3.8) is 0 Å². The number of aliphatic hydroxyl groups excluding tert-OH is 2. The third-order valence-electron chi connectivity index (χ3n) is 7.57. The number of para-hydroxylation sites is 2. The van der Waals surface area contributed by atoms with E-state index in [1.165, 1.54) is 10.9 Å². The number of phenols is 1. The van der Waals surface area contributed by atoms with Crippen LogP contribution in [0.3, 0.4) is 0 Å². The quantitative estimate of drug-likeness (QED) is 0.132. The van der Waals surface area contributed by atoms with Gasteiger partial charge in [0.15, 0.2) is 29.3 Å². The summed E-state index contributed by atoms with van der Waals surface area (Å²) in [5, 5.41) is 41.1. The minimum atomic E-state index is -1.46. The van der Waals surface area contributed by atoms with Crippen LogP contribution in [0.1, 0.15) is 30.2 Å². The number of anilines is 3. The number of phenolic OH excluding ortho intramolecular Hbond substituents is 1. The number of benzene rings is 3. The number of amides is 1. The van der Waals surface area contributed by atoms with Crippen LogP contribution < -0.4 is 16.0 Å². The van der Waals surface area contributed by atoms with Gasteiger partial charge in [-0.25, -0.2) is 4.98 Å². The van der Waals surface area contributed by atoms with Gasteiger partial charge in [0.1, 0.15) is 18.0 Å². The van der Waals surface area contributed by atoms with Crippen molar-refractivity contribution in [2.45, 2.75) is 37.4 Å². The number of nitrogens with zero attached hydrogens (tertiary/aromatic N) is 4. The smallest absolute Gasteiger partial charge is 0.252 e.